The molecule has 0 N–H and O–H groups in total. The number of imidazole rings is 1. The second kappa shape index (κ2) is 6.67. The standard InChI is InChI=1S/C18H27N3O/c1-3-4-8-11-20-14(2)12-17(22)21-13-16(19-18(20)21)15-9-6-5-7-10-15/h12-13,15H,3-11H2,1-2H3. The summed E-state index contributed by atoms with van der Waals surface area (Å²) < 4.78 is 3.96. The smallest absolute Gasteiger partial charge is 0.259 e. The highest BCUT2D eigenvalue weighted by Gasteiger charge is 2.20. The van der Waals surface area contributed by atoms with Crippen molar-refractivity contribution in [1.29, 1.82) is 0 Å². The monoisotopic (exact) mass is 301 g/mol. The predicted octanol–water partition coefficient (Wildman–Crippen LogP) is 4.04. The number of rotatable bonds is 5. The van der Waals surface area contributed by atoms with Crippen LogP contribution in [0.15, 0.2) is 17.1 Å². The molecule has 1 aliphatic carbocycles. The van der Waals surface area contributed by atoms with E-state index in [9.17, 15) is 4.79 Å². The van der Waals surface area contributed by atoms with Crippen LogP contribution in [-0.4, -0.2) is 14.0 Å². The normalized spacial score (nSPS) is 16.5. The highest BCUT2D eigenvalue weighted by molar-refractivity contribution is 5.35. The van der Waals surface area contributed by atoms with Crippen molar-refractivity contribution in [2.45, 2.75) is 77.7 Å². The van der Waals surface area contributed by atoms with Crippen molar-refractivity contribution in [1.82, 2.24) is 14.0 Å². The lowest BCUT2D eigenvalue weighted by molar-refractivity contribution is 0.437. The number of hydrogen-bond donors (Lipinski definition) is 0. The maximum absolute atomic E-state index is 12.3. The summed E-state index contributed by atoms with van der Waals surface area (Å²) in [6.07, 6.45) is 11.9. The fraction of sp³-hybridized carbons (Fsp3) is 0.667. The molecule has 0 radical (unpaired) electrons. The lowest BCUT2D eigenvalue weighted by Crippen LogP contribution is -2.18. The van der Waals surface area contributed by atoms with E-state index in [4.69, 9.17) is 4.98 Å². The van der Waals surface area contributed by atoms with Crippen LogP contribution in [0.4, 0.5) is 0 Å². The molecule has 1 aliphatic rings. The number of nitrogens with zero attached hydrogens (tertiary/aromatic N) is 3. The zero-order valence-corrected chi connectivity index (χ0v) is 13.8. The Labute approximate surface area is 132 Å². The summed E-state index contributed by atoms with van der Waals surface area (Å²) in [5, 5.41) is 0. The van der Waals surface area contributed by atoms with Crippen LogP contribution in [0.1, 0.15) is 75.6 Å². The Morgan fingerprint density at radius 3 is 2.73 bits per heavy atom. The molecule has 0 amide bonds. The van der Waals surface area contributed by atoms with E-state index in [0.717, 1.165) is 30.1 Å². The summed E-state index contributed by atoms with van der Waals surface area (Å²) in [6, 6.07) is 1.74. The molecule has 1 saturated carbocycles. The van der Waals surface area contributed by atoms with E-state index in [0.29, 0.717) is 5.92 Å². The minimum Gasteiger partial charge on any atom is -0.315 e. The molecule has 2 aromatic rings. The molecule has 4 heteroatoms. The molecule has 120 valence electrons. The first-order valence-electron chi connectivity index (χ1n) is 8.80. The fourth-order valence-corrected chi connectivity index (χ4v) is 3.62. The SMILES string of the molecule is CCCCCn1c(C)cc(=O)n2cc(C3CCCCC3)nc12. The number of aromatic nitrogens is 3. The Morgan fingerprint density at radius 2 is 2.00 bits per heavy atom. The fourth-order valence-electron chi connectivity index (χ4n) is 3.62. The summed E-state index contributed by atoms with van der Waals surface area (Å²) in [4.78, 5) is 17.2. The van der Waals surface area contributed by atoms with E-state index in [-0.39, 0.29) is 5.56 Å². The van der Waals surface area contributed by atoms with E-state index in [1.807, 2.05) is 13.1 Å². The van der Waals surface area contributed by atoms with Gasteiger partial charge in [-0.15, -0.1) is 0 Å². The number of aryl methyl sites for hydroxylation is 2. The van der Waals surface area contributed by atoms with Crippen molar-refractivity contribution in [3.8, 4) is 0 Å². The van der Waals surface area contributed by atoms with Gasteiger partial charge < -0.3 is 4.57 Å². The average Bonchev–Trinajstić information content (AvgIpc) is 2.97. The molecule has 0 unspecified atom stereocenters. The number of fused-ring (bicyclic) bond motifs is 1. The van der Waals surface area contributed by atoms with Crippen LogP contribution >= 0.6 is 0 Å². The molecule has 0 spiro atoms. The Hall–Kier alpha value is -1.58. The molecule has 0 aliphatic heterocycles. The molecule has 2 aromatic heterocycles. The summed E-state index contributed by atoms with van der Waals surface area (Å²) in [6.45, 7) is 5.18. The van der Waals surface area contributed by atoms with Gasteiger partial charge in [-0.2, -0.15) is 0 Å². The highest BCUT2D eigenvalue weighted by atomic mass is 16.1. The van der Waals surface area contributed by atoms with Crippen LogP contribution in [0.5, 0.6) is 0 Å². The van der Waals surface area contributed by atoms with Gasteiger partial charge in [-0.05, 0) is 26.2 Å². The molecule has 4 nitrogen and oxygen atoms in total. The van der Waals surface area contributed by atoms with E-state index in [1.54, 1.807) is 10.5 Å². The van der Waals surface area contributed by atoms with Crippen LogP contribution in [0, 0.1) is 6.92 Å². The van der Waals surface area contributed by atoms with Gasteiger partial charge in [0.05, 0.1) is 5.69 Å². The third kappa shape index (κ3) is 2.96. The van der Waals surface area contributed by atoms with Crippen molar-refractivity contribution in [3.63, 3.8) is 0 Å². The average molecular weight is 301 g/mol. The van der Waals surface area contributed by atoms with Gasteiger partial charge in [-0.25, -0.2) is 4.98 Å². The lowest BCUT2D eigenvalue weighted by atomic mass is 9.87. The van der Waals surface area contributed by atoms with Gasteiger partial charge in [0, 0.05) is 30.4 Å². The van der Waals surface area contributed by atoms with Crippen LogP contribution < -0.4 is 5.56 Å². The van der Waals surface area contributed by atoms with Crippen molar-refractivity contribution in [3.05, 3.63) is 34.0 Å². The molecule has 0 aromatic carbocycles. The Bertz CT molecular complexity index is 692. The van der Waals surface area contributed by atoms with E-state index in [2.05, 4.69) is 11.5 Å². The summed E-state index contributed by atoms with van der Waals surface area (Å²) in [5.41, 5.74) is 2.19. The van der Waals surface area contributed by atoms with Crippen molar-refractivity contribution >= 4 is 5.78 Å². The first kappa shape index (κ1) is 15.3. The van der Waals surface area contributed by atoms with E-state index >= 15 is 0 Å². The summed E-state index contributed by atoms with van der Waals surface area (Å²) in [5.74, 6) is 1.37. The Balaban J connectivity index is 1.99. The van der Waals surface area contributed by atoms with Gasteiger partial charge in [0.15, 0.2) is 0 Å². The minimum atomic E-state index is 0.0498. The maximum atomic E-state index is 12.3. The third-order valence-electron chi connectivity index (χ3n) is 4.95. The second-order valence-corrected chi connectivity index (χ2v) is 6.65. The van der Waals surface area contributed by atoms with Gasteiger partial charge >= 0.3 is 0 Å². The molecule has 0 atom stereocenters. The number of unbranched alkanes of at least 4 members (excludes halogenated alkanes) is 2. The summed E-state index contributed by atoms with van der Waals surface area (Å²) in [7, 11) is 0. The van der Waals surface area contributed by atoms with E-state index < -0.39 is 0 Å². The van der Waals surface area contributed by atoms with Crippen LogP contribution in [-0.2, 0) is 6.54 Å². The first-order valence-corrected chi connectivity index (χ1v) is 8.80. The quantitative estimate of drug-likeness (QED) is 0.782. The van der Waals surface area contributed by atoms with Crippen LogP contribution in [0.25, 0.3) is 5.78 Å². The van der Waals surface area contributed by atoms with E-state index in [1.165, 1.54) is 44.9 Å². The zero-order chi connectivity index (χ0) is 15.5. The van der Waals surface area contributed by atoms with Crippen LogP contribution in [0.3, 0.4) is 0 Å². The molecule has 2 heterocycles. The molecular weight excluding hydrogens is 274 g/mol. The summed E-state index contributed by atoms with van der Waals surface area (Å²) >= 11 is 0. The van der Waals surface area contributed by atoms with Gasteiger partial charge in [-0.3, -0.25) is 9.20 Å². The molecule has 22 heavy (non-hydrogen) atoms. The van der Waals surface area contributed by atoms with Crippen LogP contribution in [0.2, 0.25) is 0 Å². The first-order chi connectivity index (χ1) is 10.7. The topological polar surface area (TPSA) is 39.3 Å². The van der Waals surface area contributed by atoms with Gasteiger partial charge in [0.1, 0.15) is 0 Å². The Kier molecular flexibility index (Phi) is 4.65. The number of hydrogen-bond acceptors (Lipinski definition) is 2. The predicted molar refractivity (Wildman–Crippen MR) is 89.5 cm³/mol. The van der Waals surface area contributed by atoms with Gasteiger partial charge in [0.25, 0.3) is 5.56 Å². The molecule has 1 fully saturated rings. The third-order valence-corrected chi connectivity index (χ3v) is 4.95. The zero-order valence-electron chi connectivity index (χ0n) is 13.8. The van der Waals surface area contributed by atoms with Crippen molar-refractivity contribution in [2.24, 2.45) is 0 Å². The lowest BCUT2D eigenvalue weighted by Gasteiger charge is -2.19. The molecule has 0 bridgehead atoms. The molecular formula is C18H27N3O. The minimum absolute atomic E-state index is 0.0498. The van der Waals surface area contributed by atoms with Crippen molar-refractivity contribution in [2.75, 3.05) is 0 Å². The van der Waals surface area contributed by atoms with Gasteiger partial charge in [-0.1, -0.05) is 39.0 Å². The highest BCUT2D eigenvalue weighted by Crippen LogP contribution is 2.31. The molecule has 3 rings (SSSR count). The van der Waals surface area contributed by atoms with Gasteiger partial charge in [0.2, 0.25) is 5.78 Å². The largest absolute Gasteiger partial charge is 0.315 e. The second-order valence-electron chi connectivity index (χ2n) is 6.65. The maximum Gasteiger partial charge on any atom is 0.259 e. The molecule has 0 saturated heterocycles. The van der Waals surface area contributed by atoms with Crippen molar-refractivity contribution < 1.29 is 0 Å². The Morgan fingerprint density at radius 1 is 1.23 bits per heavy atom.